The first-order valence-electron chi connectivity index (χ1n) is 8.56. The monoisotopic (exact) mass is 351 g/mol. The fourth-order valence-electron chi connectivity index (χ4n) is 2.43. The van der Waals surface area contributed by atoms with Crippen LogP contribution < -0.4 is 5.32 Å². The van der Waals surface area contributed by atoms with Crippen LogP contribution in [0.15, 0.2) is 24.3 Å². The summed E-state index contributed by atoms with van der Waals surface area (Å²) in [5.74, 6) is -1.44. The normalized spacial score (nSPS) is 18.4. The van der Waals surface area contributed by atoms with Crippen LogP contribution in [-0.4, -0.2) is 49.7 Å². The molecule has 7 heteroatoms. The van der Waals surface area contributed by atoms with Crippen LogP contribution in [-0.2, 0) is 19.0 Å². The first-order chi connectivity index (χ1) is 12.1. The third kappa shape index (κ3) is 6.12. The summed E-state index contributed by atoms with van der Waals surface area (Å²) in [6, 6.07) is 6.38. The Morgan fingerprint density at radius 3 is 2.68 bits per heavy atom. The van der Waals surface area contributed by atoms with Gasteiger partial charge in [0.25, 0.3) is 0 Å². The molecule has 1 heterocycles. The maximum Gasteiger partial charge on any atom is 0.338 e. The molecule has 138 valence electrons. The third-order valence-corrected chi connectivity index (χ3v) is 3.88. The molecule has 0 aliphatic carbocycles. The van der Waals surface area contributed by atoms with Gasteiger partial charge in [-0.05, 0) is 50.5 Å². The van der Waals surface area contributed by atoms with Gasteiger partial charge in [0, 0.05) is 12.3 Å². The summed E-state index contributed by atoms with van der Waals surface area (Å²) in [7, 11) is 0. The Balaban J connectivity index is 1.84. The van der Waals surface area contributed by atoms with Crippen LogP contribution in [0, 0.1) is 5.92 Å². The highest BCUT2D eigenvalue weighted by Gasteiger charge is 2.22. The number of aliphatic hydroxyl groups excluding tert-OH is 1. The molecule has 0 saturated carbocycles. The van der Waals surface area contributed by atoms with Crippen LogP contribution in [0.1, 0.15) is 36.5 Å². The molecule has 2 atom stereocenters. The predicted molar refractivity (Wildman–Crippen MR) is 91.1 cm³/mol. The van der Waals surface area contributed by atoms with Crippen molar-refractivity contribution in [2.24, 2.45) is 5.92 Å². The van der Waals surface area contributed by atoms with E-state index in [0.717, 1.165) is 19.3 Å². The topological polar surface area (TPSA) is 94.1 Å². The van der Waals surface area contributed by atoms with Crippen molar-refractivity contribution in [2.75, 3.05) is 31.7 Å². The van der Waals surface area contributed by atoms with Crippen molar-refractivity contribution >= 4 is 17.6 Å². The number of anilines is 1. The van der Waals surface area contributed by atoms with Crippen molar-refractivity contribution in [3.05, 3.63) is 29.8 Å². The minimum Gasteiger partial charge on any atom is -0.462 e. The van der Waals surface area contributed by atoms with Crippen molar-refractivity contribution in [2.45, 2.75) is 32.5 Å². The number of ether oxygens (including phenoxy) is 3. The number of hydrogen-bond donors (Lipinski definition) is 2. The Morgan fingerprint density at radius 2 is 2.08 bits per heavy atom. The lowest BCUT2D eigenvalue weighted by atomic mass is 10.1. The molecule has 1 aromatic carbocycles. The number of benzene rings is 1. The zero-order chi connectivity index (χ0) is 18.1. The Kier molecular flexibility index (Phi) is 7.84. The van der Waals surface area contributed by atoms with Crippen molar-refractivity contribution in [3.63, 3.8) is 0 Å². The quantitative estimate of drug-likeness (QED) is 0.695. The van der Waals surface area contributed by atoms with Crippen LogP contribution >= 0.6 is 0 Å². The van der Waals surface area contributed by atoms with Gasteiger partial charge in [0.05, 0.1) is 31.3 Å². The van der Waals surface area contributed by atoms with E-state index in [4.69, 9.17) is 14.2 Å². The first-order valence-corrected chi connectivity index (χ1v) is 8.56. The zero-order valence-electron chi connectivity index (χ0n) is 14.4. The van der Waals surface area contributed by atoms with E-state index in [2.05, 4.69) is 5.32 Å². The van der Waals surface area contributed by atoms with Gasteiger partial charge in [-0.3, -0.25) is 4.79 Å². The lowest BCUT2D eigenvalue weighted by Crippen LogP contribution is -2.33. The van der Waals surface area contributed by atoms with E-state index in [1.807, 2.05) is 0 Å². The second-order valence-electron chi connectivity index (χ2n) is 5.80. The molecule has 1 saturated heterocycles. The lowest BCUT2D eigenvalue weighted by molar-refractivity contribution is -0.172. The largest absolute Gasteiger partial charge is 0.462 e. The molecule has 25 heavy (non-hydrogen) atoms. The van der Waals surface area contributed by atoms with Crippen LogP contribution in [0.5, 0.6) is 0 Å². The highest BCUT2D eigenvalue weighted by molar-refractivity contribution is 5.94. The molecule has 1 amide bonds. The molecule has 0 radical (unpaired) electrons. The molecule has 7 nitrogen and oxygen atoms in total. The maximum atomic E-state index is 12.3. The van der Waals surface area contributed by atoms with Crippen molar-refractivity contribution in [1.82, 2.24) is 0 Å². The molecule has 1 aromatic rings. The average molecular weight is 351 g/mol. The first kappa shape index (κ1) is 19.4. The highest BCUT2D eigenvalue weighted by atomic mass is 16.7. The van der Waals surface area contributed by atoms with Gasteiger partial charge >= 0.3 is 5.97 Å². The lowest BCUT2D eigenvalue weighted by Gasteiger charge is -2.24. The fourth-order valence-corrected chi connectivity index (χ4v) is 2.43. The molecule has 2 N–H and O–H groups in total. The molecule has 2 rings (SSSR count). The third-order valence-electron chi connectivity index (χ3n) is 3.88. The van der Waals surface area contributed by atoms with Crippen molar-refractivity contribution in [1.29, 1.82) is 0 Å². The Labute approximate surface area is 147 Å². The van der Waals surface area contributed by atoms with Gasteiger partial charge in [-0.2, -0.15) is 0 Å². The molecule has 0 bridgehead atoms. The smallest absolute Gasteiger partial charge is 0.338 e. The molecule has 0 aromatic heterocycles. The van der Waals surface area contributed by atoms with Gasteiger partial charge < -0.3 is 24.6 Å². The highest BCUT2D eigenvalue weighted by Crippen LogP contribution is 2.16. The second-order valence-corrected chi connectivity index (χ2v) is 5.80. The van der Waals surface area contributed by atoms with Crippen molar-refractivity contribution in [3.8, 4) is 0 Å². The van der Waals surface area contributed by atoms with Gasteiger partial charge in [-0.1, -0.05) is 0 Å². The van der Waals surface area contributed by atoms with E-state index >= 15 is 0 Å². The van der Waals surface area contributed by atoms with Crippen LogP contribution in [0.3, 0.4) is 0 Å². The molecule has 0 spiro atoms. The molecular formula is C18H25NO6. The number of aliphatic hydroxyl groups is 1. The number of rotatable bonds is 8. The van der Waals surface area contributed by atoms with E-state index in [9.17, 15) is 14.7 Å². The molecular weight excluding hydrogens is 326 g/mol. The van der Waals surface area contributed by atoms with Crippen LogP contribution in [0.25, 0.3) is 0 Å². The zero-order valence-corrected chi connectivity index (χ0v) is 14.4. The summed E-state index contributed by atoms with van der Waals surface area (Å²) >= 11 is 0. The number of esters is 1. The molecule has 1 aliphatic rings. The van der Waals surface area contributed by atoms with Gasteiger partial charge in [0.15, 0.2) is 6.29 Å². The van der Waals surface area contributed by atoms with Gasteiger partial charge in [0.2, 0.25) is 5.91 Å². The number of carbonyl (C=O) groups excluding carboxylic acids is 2. The van der Waals surface area contributed by atoms with E-state index in [-0.39, 0.29) is 25.4 Å². The summed E-state index contributed by atoms with van der Waals surface area (Å²) in [6.07, 6.45) is 2.55. The van der Waals surface area contributed by atoms with Gasteiger partial charge in [0.1, 0.15) is 0 Å². The molecule has 1 aliphatic heterocycles. The summed E-state index contributed by atoms with van der Waals surface area (Å²) in [6.45, 7) is 2.48. The Hall–Kier alpha value is -1.96. The van der Waals surface area contributed by atoms with E-state index in [0.29, 0.717) is 24.5 Å². The minimum absolute atomic E-state index is 0.0912. The number of nitrogens with one attached hydrogen (secondary N) is 1. The van der Waals surface area contributed by atoms with E-state index < -0.39 is 11.9 Å². The van der Waals surface area contributed by atoms with E-state index in [1.165, 1.54) is 0 Å². The summed E-state index contributed by atoms with van der Waals surface area (Å²) in [5.41, 5.74) is 0.946. The molecule has 1 unspecified atom stereocenters. The summed E-state index contributed by atoms with van der Waals surface area (Å²) in [4.78, 5) is 23.9. The number of amides is 1. The minimum atomic E-state index is -0.685. The average Bonchev–Trinajstić information content (AvgIpc) is 2.64. The van der Waals surface area contributed by atoms with Crippen molar-refractivity contribution < 1.29 is 28.9 Å². The van der Waals surface area contributed by atoms with Gasteiger partial charge in [-0.25, -0.2) is 4.79 Å². The maximum absolute atomic E-state index is 12.3. The standard InChI is InChI=1S/C18H25NO6/c1-2-23-18(22)13-6-8-15(9-7-13)19-17(21)14(11-20)12-25-16-5-3-4-10-24-16/h6-9,14,16,20H,2-5,10-12H2,1H3,(H,19,21)/t14-,16?/m0/s1. The Morgan fingerprint density at radius 1 is 1.32 bits per heavy atom. The Bertz CT molecular complexity index is 553. The fraction of sp³-hybridized carbons (Fsp3) is 0.556. The summed E-state index contributed by atoms with van der Waals surface area (Å²) in [5, 5.41) is 12.1. The van der Waals surface area contributed by atoms with Crippen LogP contribution in [0.2, 0.25) is 0 Å². The number of carbonyl (C=O) groups is 2. The van der Waals surface area contributed by atoms with Crippen LogP contribution in [0.4, 0.5) is 5.69 Å². The summed E-state index contributed by atoms with van der Waals surface area (Å²) < 4.78 is 15.9. The van der Waals surface area contributed by atoms with Gasteiger partial charge in [-0.15, -0.1) is 0 Å². The predicted octanol–water partition coefficient (Wildman–Crippen LogP) is 1.95. The number of hydrogen-bond acceptors (Lipinski definition) is 6. The second kappa shape index (κ2) is 10.1. The SMILES string of the molecule is CCOC(=O)c1ccc(NC(=O)[C@@H](CO)COC2CCCCO2)cc1. The van der Waals surface area contributed by atoms with E-state index in [1.54, 1.807) is 31.2 Å². The molecule has 1 fully saturated rings.